The molecule has 3 heteroatoms. The first-order valence-corrected chi connectivity index (χ1v) is 6.08. The number of amides is 1. The van der Waals surface area contributed by atoms with Crippen molar-refractivity contribution < 1.29 is 9.59 Å². The first-order chi connectivity index (χ1) is 7.27. The van der Waals surface area contributed by atoms with Gasteiger partial charge in [0.25, 0.3) is 0 Å². The zero-order valence-electron chi connectivity index (χ0n) is 9.21. The van der Waals surface area contributed by atoms with Gasteiger partial charge >= 0.3 is 0 Å². The Bertz CT molecular complexity index is 246. The van der Waals surface area contributed by atoms with Gasteiger partial charge in [0.1, 0.15) is 5.78 Å². The van der Waals surface area contributed by atoms with Gasteiger partial charge in [-0.25, -0.2) is 0 Å². The van der Waals surface area contributed by atoms with Crippen molar-refractivity contribution >= 4 is 11.7 Å². The standard InChI is InChI=1S/C12H19NO2/c14-11-6-8-13(9-7-11)12(15)10-4-2-1-3-5-10/h10H,1-9H2. The molecule has 0 unspecified atom stereocenters. The minimum absolute atomic E-state index is 0.256. The van der Waals surface area contributed by atoms with Crippen LogP contribution in [0.15, 0.2) is 0 Å². The average molecular weight is 209 g/mol. The summed E-state index contributed by atoms with van der Waals surface area (Å²) < 4.78 is 0. The number of piperidine rings is 1. The Balaban J connectivity index is 1.86. The Morgan fingerprint density at radius 1 is 1.07 bits per heavy atom. The van der Waals surface area contributed by atoms with Gasteiger partial charge in [-0.1, -0.05) is 19.3 Å². The van der Waals surface area contributed by atoms with Gasteiger partial charge in [-0.15, -0.1) is 0 Å². The van der Waals surface area contributed by atoms with Crippen molar-refractivity contribution in [2.75, 3.05) is 13.1 Å². The molecule has 0 aromatic heterocycles. The van der Waals surface area contributed by atoms with Gasteiger partial charge in [-0.3, -0.25) is 9.59 Å². The number of carbonyl (C=O) groups excluding carboxylic acids is 2. The number of rotatable bonds is 1. The van der Waals surface area contributed by atoms with E-state index in [1.165, 1.54) is 19.3 Å². The Kier molecular flexibility index (Phi) is 3.39. The largest absolute Gasteiger partial charge is 0.342 e. The van der Waals surface area contributed by atoms with Gasteiger partial charge in [0.15, 0.2) is 0 Å². The molecule has 0 N–H and O–H groups in total. The number of likely N-dealkylation sites (tertiary alicyclic amines) is 1. The maximum atomic E-state index is 12.1. The second kappa shape index (κ2) is 4.77. The van der Waals surface area contributed by atoms with E-state index in [0.717, 1.165) is 12.8 Å². The average Bonchev–Trinajstić information content (AvgIpc) is 2.30. The highest BCUT2D eigenvalue weighted by atomic mass is 16.2. The van der Waals surface area contributed by atoms with Crippen LogP contribution in [-0.2, 0) is 9.59 Å². The van der Waals surface area contributed by atoms with Crippen molar-refractivity contribution in [3.63, 3.8) is 0 Å². The van der Waals surface area contributed by atoms with E-state index in [2.05, 4.69) is 0 Å². The molecule has 15 heavy (non-hydrogen) atoms. The summed E-state index contributed by atoms with van der Waals surface area (Å²) in [5, 5.41) is 0. The van der Waals surface area contributed by atoms with Gasteiger partial charge in [0, 0.05) is 31.8 Å². The summed E-state index contributed by atoms with van der Waals surface area (Å²) in [6.07, 6.45) is 6.93. The predicted octanol–water partition coefficient (Wildman–Crippen LogP) is 1.76. The third-order valence-corrected chi connectivity index (χ3v) is 3.59. The highest BCUT2D eigenvalue weighted by molar-refractivity contribution is 5.84. The van der Waals surface area contributed by atoms with Crippen molar-refractivity contribution in [2.45, 2.75) is 44.9 Å². The number of nitrogens with zero attached hydrogens (tertiary/aromatic N) is 1. The van der Waals surface area contributed by atoms with Crippen LogP contribution in [0.25, 0.3) is 0 Å². The molecule has 84 valence electrons. The lowest BCUT2D eigenvalue weighted by molar-refractivity contribution is -0.139. The van der Waals surface area contributed by atoms with E-state index in [4.69, 9.17) is 0 Å². The summed E-state index contributed by atoms with van der Waals surface area (Å²) in [7, 11) is 0. The summed E-state index contributed by atoms with van der Waals surface area (Å²) >= 11 is 0. The molecule has 2 rings (SSSR count). The Morgan fingerprint density at radius 3 is 2.27 bits per heavy atom. The number of hydrogen-bond acceptors (Lipinski definition) is 2. The molecule has 0 aromatic carbocycles. The van der Waals surface area contributed by atoms with Crippen LogP contribution in [0.3, 0.4) is 0 Å². The zero-order valence-corrected chi connectivity index (χ0v) is 9.21. The van der Waals surface area contributed by atoms with E-state index >= 15 is 0 Å². The molecule has 2 aliphatic rings. The molecule has 0 spiro atoms. The SMILES string of the molecule is O=C1CCN(C(=O)C2CCCCC2)CC1. The Hall–Kier alpha value is -0.860. The van der Waals surface area contributed by atoms with Crippen LogP contribution in [-0.4, -0.2) is 29.7 Å². The lowest BCUT2D eigenvalue weighted by atomic mass is 9.88. The van der Waals surface area contributed by atoms with Crippen LogP contribution in [0.4, 0.5) is 0 Å². The number of hydrogen-bond donors (Lipinski definition) is 0. The third kappa shape index (κ3) is 2.58. The summed E-state index contributed by atoms with van der Waals surface area (Å²) in [5.41, 5.74) is 0. The number of ketones is 1. The van der Waals surface area contributed by atoms with Gasteiger partial charge in [0.2, 0.25) is 5.91 Å². The monoisotopic (exact) mass is 209 g/mol. The fraction of sp³-hybridized carbons (Fsp3) is 0.833. The summed E-state index contributed by atoms with van der Waals surface area (Å²) in [4.78, 5) is 25.0. The van der Waals surface area contributed by atoms with E-state index < -0.39 is 0 Å². The van der Waals surface area contributed by atoms with E-state index in [1.54, 1.807) is 0 Å². The molecule has 1 aliphatic carbocycles. The molecule has 0 atom stereocenters. The molecule has 0 radical (unpaired) electrons. The van der Waals surface area contributed by atoms with Crippen LogP contribution >= 0.6 is 0 Å². The predicted molar refractivity (Wildman–Crippen MR) is 57.4 cm³/mol. The van der Waals surface area contributed by atoms with E-state index in [1.807, 2.05) is 4.90 Å². The number of Topliss-reactive ketones (excluding diaryl/α,β-unsaturated/α-hetero) is 1. The highest BCUT2D eigenvalue weighted by Gasteiger charge is 2.28. The smallest absolute Gasteiger partial charge is 0.225 e. The molecule has 1 amide bonds. The van der Waals surface area contributed by atoms with Crippen LogP contribution in [0.5, 0.6) is 0 Å². The van der Waals surface area contributed by atoms with Crippen LogP contribution in [0.2, 0.25) is 0 Å². The topological polar surface area (TPSA) is 37.4 Å². The van der Waals surface area contributed by atoms with Crippen molar-refractivity contribution in [1.82, 2.24) is 4.90 Å². The third-order valence-electron chi connectivity index (χ3n) is 3.59. The summed E-state index contributed by atoms with van der Waals surface area (Å²) in [5.74, 6) is 0.872. The van der Waals surface area contributed by atoms with Gasteiger partial charge in [-0.2, -0.15) is 0 Å². The summed E-state index contributed by atoms with van der Waals surface area (Å²) in [6.45, 7) is 1.32. The van der Waals surface area contributed by atoms with Crippen LogP contribution < -0.4 is 0 Å². The molecular formula is C12H19NO2. The molecule has 1 heterocycles. The minimum atomic E-state index is 0.256. The lowest BCUT2D eigenvalue weighted by Crippen LogP contribution is -2.42. The van der Waals surface area contributed by atoms with Crippen molar-refractivity contribution in [2.24, 2.45) is 5.92 Å². The van der Waals surface area contributed by atoms with Crippen LogP contribution in [0, 0.1) is 5.92 Å². The van der Waals surface area contributed by atoms with Gasteiger partial charge in [-0.05, 0) is 12.8 Å². The minimum Gasteiger partial charge on any atom is -0.342 e. The zero-order chi connectivity index (χ0) is 10.7. The molecular weight excluding hydrogens is 190 g/mol. The van der Waals surface area contributed by atoms with Gasteiger partial charge in [0.05, 0.1) is 0 Å². The van der Waals surface area contributed by atoms with Crippen molar-refractivity contribution in [3.8, 4) is 0 Å². The van der Waals surface area contributed by atoms with E-state index in [9.17, 15) is 9.59 Å². The number of carbonyl (C=O) groups is 2. The quantitative estimate of drug-likeness (QED) is 0.660. The molecule has 0 aromatic rings. The molecule has 1 saturated carbocycles. The maximum Gasteiger partial charge on any atom is 0.225 e. The normalized spacial score (nSPS) is 24.3. The second-order valence-corrected chi connectivity index (χ2v) is 4.70. The Morgan fingerprint density at radius 2 is 1.67 bits per heavy atom. The maximum absolute atomic E-state index is 12.1. The van der Waals surface area contributed by atoms with Gasteiger partial charge < -0.3 is 4.90 Å². The fourth-order valence-corrected chi connectivity index (χ4v) is 2.58. The molecule has 2 fully saturated rings. The Labute approximate surface area is 90.8 Å². The summed E-state index contributed by atoms with van der Waals surface area (Å²) in [6, 6.07) is 0. The lowest BCUT2D eigenvalue weighted by Gasteiger charge is -2.31. The molecule has 1 aliphatic heterocycles. The first-order valence-electron chi connectivity index (χ1n) is 6.08. The van der Waals surface area contributed by atoms with Crippen molar-refractivity contribution in [3.05, 3.63) is 0 Å². The highest BCUT2D eigenvalue weighted by Crippen LogP contribution is 2.26. The molecule has 0 bridgehead atoms. The van der Waals surface area contributed by atoms with Crippen molar-refractivity contribution in [1.29, 1.82) is 0 Å². The van der Waals surface area contributed by atoms with E-state index in [0.29, 0.717) is 37.6 Å². The van der Waals surface area contributed by atoms with E-state index in [-0.39, 0.29) is 5.92 Å². The fourth-order valence-electron chi connectivity index (χ4n) is 2.58. The first kappa shape index (κ1) is 10.7. The molecule has 3 nitrogen and oxygen atoms in total. The second-order valence-electron chi connectivity index (χ2n) is 4.70. The molecule has 1 saturated heterocycles. The van der Waals surface area contributed by atoms with Crippen LogP contribution in [0.1, 0.15) is 44.9 Å².